The Morgan fingerprint density at radius 2 is 2.00 bits per heavy atom. The van der Waals surface area contributed by atoms with Crippen molar-refractivity contribution in [2.24, 2.45) is 11.8 Å². The molecule has 0 aromatic carbocycles. The molecular formula is C16H30N2O. The van der Waals surface area contributed by atoms with Crippen LogP contribution in [0.5, 0.6) is 0 Å². The first-order valence-corrected chi connectivity index (χ1v) is 7.98. The molecule has 110 valence electrons. The first kappa shape index (κ1) is 14.8. The highest BCUT2D eigenvalue weighted by Crippen LogP contribution is 2.45. The van der Waals surface area contributed by atoms with E-state index in [-0.39, 0.29) is 17.7 Å². The van der Waals surface area contributed by atoms with E-state index in [1.54, 1.807) is 0 Å². The number of unbranched alkanes of at least 4 members (excludes halogenated alkanes) is 1. The highest BCUT2D eigenvalue weighted by atomic mass is 16.2. The summed E-state index contributed by atoms with van der Waals surface area (Å²) in [5.74, 6) is 1.50. The molecule has 2 unspecified atom stereocenters. The van der Waals surface area contributed by atoms with Crippen LogP contribution in [0.2, 0.25) is 0 Å². The average molecular weight is 266 g/mol. The molecule has 1 saturated heterocycles. The van der Waals surface area contributed by atoms with Crippen molar-refractivity contribution in [3.05, 3.63) is 0 Å². The van der Waals surface area contributed by atoms with Crippen molar-refractivity contribution in [2.75, 3.05) is 0 Å². The summed E-state index contributed by atoms with van der Waals surface area (Å²) in [5.41, 5.74) is 0.0139. The van der Waals surface area contributed by atoms with E-state index in [0.717, 1.165) is 19.3 Å². The predicted octanol–water partition coefficient (Wildman–Crippen LogP) is 3.15. The van der Waals surface area contributed by atoms with Gasteiger partial charge in [-0.25, -0.2) is 0 Å². The van der Waals surface area contributed by atoms with Gasteiger partial charge in [-0.3, -0.25) is 10.1 Å². The molecule has 1 N–H and O–H groups in total. The maximum atomic E-state index is 12.8. The van der Waals surface area contributed by atoms with Crippen LogP contribution in [0.15, 0.2) is 0 Å². The number of carbonyl (C=O) groups is 1. The van der Waals surface area contributed by atoms with Gasteiger partial charge in [0.05, 0.1) is 12.2 Å². The highest BCUT2D eigenvalue weighted by Gasteiger charge is 2.51. The van der Waals surface area contributed by atoms with E-state index in [1.165, 1.54) is 12.8 Å². The molecule has 1 aliphatic heterocycles. The van der Waals surface area contributed by atoms with Gasteiger partial charge in [-0.15, -0.1) is 0 Å². The molecule has 19 heavy (non-hydrogen) atoms. The van der Waals surface area contributed by atoms with Crippen molar-refractivity contribution in [3.8, 4) is 0 Å². The zero-order valence-electron chi connectivity index (χ0n) is 13.2. The standard InChI is InChI=1S/C16H30N2O/c1-6-7-8-13-15(19)18(14(17-13)11(2)3)16(4,5)12-9-10-12/h11-14,17H,6-10H2,1-5H3. The minimum Gasteiger partial charge on any atom is -0.320 e. The van der Waals surface area contributed by atoms with E-state index < -0.39 is 0 Å². The van der Waals surface area contributed by atoms with E-state index >= 15 is 0 Å². The van der Waals surface area contributed by atoms with Crippen molar-refractivity contribution in [1.29, 1.82) is 0 Å². The molecule has 1 heterocycles. The van der Waals surface area contributed by atoms with Crippen LogP contribution in [0.3, 0.4) is 0 Å². The molecule has 1 amide bonds. The summed E-state index contributed by atoms with van der Waals surface area (Å²) in [6.07, 6.45) is 6.04. The molecule has 0 radical (unpaired) electrons. The Bertz CT molecular complexity index is 334. The molecule has 1 aliphatic carbocycles. The fourth-order valence-electron chi connectivity index (χ4n) is 3.39. The lowest BCUT2D eigenvalue weighted by Gasteiger charge is -2.41. The number of hydrogen-bond donors (Lipinski definition) is 1. The van der Waals surface area contributed by atoms with Crippen LogP contribution >= 0.6 is 0 Å². The van der Waals surface area contributed by atoms with E-state index in [4.69, 9.17) is 0 Å². The molecule has 0 aromatic rings. The summed E-state index contributed by atoms with van der Waals surface area (Å²) in [6.45, 7) is 11.1. The van der Waals surface area contributed by atoms with Gasteiger partial charge >= 0.3 is 0 Å². The van der Waals surface area contributed by atoms with E-state index in [2.05, 4.69) is 44.8 Å². The third-order valence-electron chi connectivity index (χ3n) is 4.86. The summed E-state index contributed by atoms with van der Waals surface area (Å²) in [6, 6.07) is 0.0466. The second kappa shape index (κ2) is 5.43. The fraction of sp³-hybridized carbons (Fsp3) is 0.938. The molecule has 2 atom stereocenters. The number of rotatable bonds is 6. The van der Waals surface area contributed by atoms with Crippen LogP contribution in [0.25, 0.3) is 0 Å². The Balaban J connectivity index is 2.15. The molecule has 1 saturated carbocycles. The minimum absolute atomic E-state index is 0.0139. The molecule has 3 nitrogen and oxygen atoms in total. The van der Waals surface area contributed by atoms with Gasteiger partial charge in [0, 0.05) is 5.54 Å². The summed E-state index contributed by atoms with van der Waals surface area (Å²) in [5, 5.41) is 3.59. The molecule has 0 bridgehead atoms. The van der Waals surface area contributed by atoms with E-state index in [0.29, 0.717) is 17.7 Å². The zero-order chi connectivity index (χ0) is 14.2. The lowest BCUT2D eigenvalue weighted by molar-refractivity contribution is -0.137. The topological polar surface area (TPSA) is 32.3 Å². The molecule has 2 aliphatic rings. The maximum Gasteiger partial charge on any atom is 0.241 e. The molecule has 0 aromatic heterocycles. The Kier molecular flexibility index (Phi) is 4.24. The molecule has 2 rings (SSSR count). The highest BCUT2D eigenvalue weighted by molar-refractivity contribution is 5.85. The van der Waals surface area contributed by atoms with Crippen molar-refractivity contribution in [1.82, 2.24) is 10.2 Å². The molecular weight excluding hydrogens is 236 g/mol. The van der Waals surface area contributed by atoms with Crippen molar-refractivity contribution >= 4 is 5.91 Å². The summed E-state index contributed by atoms with van der Waals surface area (Å²) >= 11 is 0. The van der Waals surface area contributed by atoms with Gasteiger partial charge in [0.25, 0.3) is 0 Å². The van der Waals surface area contributed by atoms with Crippen LogP contribution < -0.4 is 5.32 Å². The Labute approximate surface area is 118 Å². The zero-order valence-corrected chi connectivity index (χ0v) is 13.2. The Hall–Kier alpha value is -0.570. The number of carbonyl (C=O) groups excluding carboxylic acids is 1. The largest absolute Gasteiger partial charge is 0.320 e. The summed E-state index contributed by atoms with van der Waals surface area (Å²) < 4.78 is 0. The summed E-state index contributed by atoms with van der Waals surface area (Å²) in [4.78, 5) is 14.9. The molecule has 2 fully saturated rings. The van der Waals surface area contributed by atoms with Gasteiger partial charge in [0.1, 0.15) is 0 Å². The SMILES string of the molecule is CCCCC1NC(C(C)C)N(C(C)(C)C2CC2)C1=O. The maximum absolute atomic E-state index is 12.8. The van der Waals surface area contributed by atoms with Crippen molar-refractivity contribution in [3.63, 3.8) is 0 Å². The fourth-order valence-corrected chi connectivity index (χ4v) is 3.39. The van der Waals surface area contributed by atoms with E-state index in [1.807, 2.05) is 0 Å². The van der Waals surface area contributed by atoms with Gasteiger partial charge < -0.3 is 4.90 Å². The van der Waals surface area contributed by atoms with Crippen LogP contribution in [0.4, 0.5) is 0 Å². The predicted molar refractivity (Wildman–Crippen MR) is 78.7 cm³/mol. The van der Waals surface area contributed by atoms with Crippen LogP contribution in [-0.4, -0.2) is 28.6 Å². The Morgan fingerprint density at radius 3 is 2.47 bits per heavy atom. The molecule has 3 heteroatoms. The van der Waals surface area contributed by atoms with Gasteiger partial charge in [-0.05, 0) is 44.9 Å². The number of hydrogen-bond acceptors (Lipinski definition) is 2. The van der Waals surface area contributed by atoms with Crippen LogP contribution in [0.1, 0.15) is 66.7 Å². The van der Waals surface area contributed by atoms with Gasteiger partial charge in [0.2, 0.25) is 5.91 Å². The number of nitrogens with one attached hydrogen (secondary N) is 1. The lowest BCUT2D eigenvalue weighted by atomic mass is 9.93. The normalized spacial score (nSPS) is 28.5. The number of nitrogens with zero attached hydrogens (tertiary/aromatic N) is 1. The monoisotopic (exact) mass is 266 g/mol. The second-order valence-electron chi connectivity index (χ2n) is 7.19. The van der Waals surface area contributed by atoms with Crippen molar-refractivity contribution in [2.45, 2.75) is 84.5 Å². The quantitative estimate of drug-likeness (QED) is 0.801. The van der Waals surface area contributed by atoms with Crippen LogP contribution in [-0.2, 0) is 4.79 Å². The number of amides is 1. The summed E-state index contributed by atoms with van der Waals surface area (Å²) in [7, 11) is 0. The van der Waals surface area contributed by atoms with Crippen molar-refractivity contribution < 1.29 is 4.79 Å². The third kappa shape index (κ3) is 2.81. The minimum atomic E-state index is 0.0139. The van der Waals surface area contributed by atoms with Gasteiger partial charge in [-0.1, -0.05) is 33.6 Å². The average Bonchev–Trinajstić information content (AvgIpc) is 3.12. The Morgan fingerprint density at radius 1 is 1.37 bits per heavy atom. The first-order valence-electron chi connectivity index (χ1n) is 7.98. The van der Waals surface area contributed by atoms with Crippen LogP contribution in [0, 0.1) is 11.8 Å². The third-order valence-corrected chi connectivity index (χ3v) is 4.86. The van der Waals surface area contributed by atoms with E-state index in [9.17, 15) is 4.79 Å². The van der Waals surface area contributed by atoms with Gasteiger partial charge in [0.15, 0.2) is 0 Å². The first-order chi connectivity index (χ1) is 8.89. The second-order valence-corrected chi connectivity index (χ2v) is 7.19. The smallest absolute Gasteiger partial charge is 0.241 e. The lowest BCUT2D eigenvalue weighted by Crippen LogP contribution is -2.54. The molecule has 0 spiro atoms. The van der Waals surface area contributed by atoms with Gasteiger partial charge in [-0.2, -0.15) is 0 Å².